The Bertz CT molecular complexity index is 392. The summed E-state index contributed by atoms with van der Waals surface area (Å²) < 4.78 is 0.659. The maximum absolute atomic E-state index is 9.68. The van der Waals surface area contributed by atoms with E-state index in [2.05, 4.69) is 15.9 Å². The number of nitrogens with zero attached hydrogens (tertiary/aromatic N) is 1. The highest BCUT2D eigenvalue weighted by Gasteiger charge is 2.16. The molecule has 0 spiro atoms. The number of nitrogens with two attached hydrogens (primary N) is 2. The molecule has 0 aliphatic carbocycles. The molecule has 0 fully saturated rings. The van der Waals surface area contributed by atoms with Crippen LogP contribution < -0.4 is 11.5 Å². The number of aromatic hydroxyl groups is 1. The number of rotatable bonds is 2. The fourth-order valence-electron chi connectivity index (χ4n) is 1.14. The smallest absolute Gasteiger partial charge is 0.139 e. The summed E-state index contributed by atoms with van der Waals surface area (Å²) in [6.07, 6.45) is 0. The van der Waals surface area contributed by atoms with Gasteiger partial charge in [-0.1, -0.05) is 15.9 Å². The molecule has 5 N–H and O–H groups in total. The maximum Gasteiger partial charge on any atom is 0.139 e. The van der Waals surface area contributed by atoms with E-state index in [-0.39, 0.29) is 30.3 Å². The minimum atomic E-state index is -0.474. The normalized spacial score (nSPS) is 11.3. The summed E-state index contributed by atoms with van der Waals surface area (Å²) in [5.74, 6) is -0.0974. The summed E-state index contributed by atoms with van der Waals surface area (Å²) in [5, 5.41) is 18.4. The Balaban J connectivity index is 0.00000196. The lowest BCUT2D eigenvalue weighted by Crippen LogP contribution is -2.21. The van der Waals surface area contributed by atoms with Crippen molar-refractivity contribution in [2.75, 3.05) is 6.54 Å². The lowest BCUT2D eigenvalue weighted by Gasteiger charge is -2.13. The van der Waals surface area contributed by atoms with E-state index in [0.29, 0.717) is 10.0 Å². The molecule has 0 bridgehead atoms. The number of benzene rings is 1. The van der Waals surface area contributed by atoms with Crippen LogP contribution in [0.4, 0.5) is 0 Å². The van der Waals surface area contributed by atoms with Crippen LogP contribution in [0.5, 0.6) is 5.75 Å². The molecule has 4 nitrogen and oxygen atoms in total. The molecule has 1 aromatic carbocycles. The number of halogens is 2. The molecule has 0 radical (unpaired) electrons. The fraction of sp³-hybridized carbons (Fsp3) is 0.222. The lowest BCUT2D eigenvalue weighted by molar-refractivity contribution is 0.459. The molecule has 0 aliphatic heterocycles. The van der Waals surface area contributed by atoms with Crippen LogP contribution in [0.15, 0.2) is 16.6 Å². The van der Waals surface area contributed by atoms with Crippen LogP contribution in [0.25, 0.3) is 0 Å². The quantitative estimate of drug-likeness (QED) is 0.768. The van der Waals surface area contributed by atoms with Crippen LogP contribution >= 0.6 is 28.3 Å². The van der Waals surface area contributed by atoms with Crippen molar-refractivity contribution in [1.29, 1.82) is 5.26 Å². The first-order chi connectivity index (χ1) is 6.61. The Morgan fingerprint density at radius 3 is 2.60 bits per heavy atom. The Kier molecular flexibility index (Phi) is 5.61. The van der Waals surface area contributed by atoms with Crippen LogP contribution in [0.1, 0.15) is 17.2 Å². The average molecular weight is 293 g/mol. The van der Waals surface area contributed by atoms with E-state index < -0.39 is 6.04 Å². The van der Waals surface area contributed by atoms with Crippen molar-refractivity contribution in [2.45, 2.75) is 6.04 Å². The molecule has 0 saturated heterocycles. The van der Waals surface area contributed by atoms with Crippen molar-refractivity contribution < 1.29 is 5.11 Å². The molecule has 0 heterocycles. The molecular weight excluding hydrogens is 281 g/mol. The second-order valence-corrected chi connectivity index (χ2v) is 3.67. The molecule has 1 atom stereocenters. The second kappa shape index (κ2) is 5.93. The van der Waals surface area contributed by atoms with Gasteiger partial charge in [-0.3, -0.25) is 0 Å². The van der Waals surface area contributed by atoms with E-state index in [0.717, 1.165) is 0 Å². The molecule has 1 rings (SSSR count). The molecule has 1 aromatic rings. The van der Waals surface area contributed by atoms with Gasteiger partial charge in [0.1, 0.15) is 11.8 Å². The van der Waals surface area contributed by atoms with Gasteiger partial charge in [0.05, 0.1) is 5.56 Å². The summed E-state index contributed by atoms with van der Waals surface area (Å²) in [5.41, 5.74) is 11.8. The highest BCUT2D eigenvalue weighted by Crippen LogP contribution is 2.32. The van der Waals surface area contributed by atoms with Crippen molar-refractivity contribution in [3.8, 4) is 11.8 Å². The number of nitriles is 1. The van der Waals surface area contributed by atoms with Crippen molar-refractivity contribution in [3.05, 3.63) is 27.7 Å². The Labute approximate surface area is 102 Å². The van der Waals surface area contributed by atoms with Crippen LogP contribution in [-0.2, 0) is 0 Å². The lowest BCUT2D eigenvalue weighted by atomic mass is 10.0. The molecule has 0 unspecified atom stereocenters. The third kappa shape index (κ3) is 2.83. The third-order valence-corrected chi connectivity index (χ3v) is 2.60. The van der Waals surface area contributed by atoms with Crippen molar-refractivity contribution in [2.24, 2.45) is 11.5 Å². The summed E-state index contributed by atoms with van der Waals surface area (Å²) >= 11 is 3.25. The highest BCUT2D eigenvalue weighted by atomic mass is 79.9. The SMILES string of the molecule is Cl.N#Cc1ccc(Br)c([C@@H](N)CN)c1O. The van der Waals surface area contributed by atoms with E-state index in [4.69, 9.17) is 16.7 Å². The van der Waals surface area contributed by atoms with Gasteiger partial charge in [0, 0.05) is 22.6 Å². The first kappa shape index (κ1) is 14.2. The fourth-order valence-corrected chi connectivity index (χ4v) is 1.76. The van der Waals surface area contributed by atoms with E-state index >= 15 is 0 Å². The molecule has 0 saturated carbocycles. The van der Waals surface area contributed by atoms with Crippen molar-refractivity contribution in [3.63, 3.8) is 0 Å². The standard InChI is InChI=1S/C9H10BrN3O.ClH/c10-6-2-1-5(3-11)9(14)8(6)7(13)4-12;/h1-2,7,14H,4,12-13H2;1H/t7-;/m0./s1. The van der Waals surface area contributed by atoms with Gasteiger partial charge in [-0.15, -0.1) is 12.4 Å². The first-order valence-corrected chi connectivity index (χ1v) is 4.78. The van der Waals surface area contributed by atoms with E-state index in [1.54, 1.807) is 6.07 Å². The number of hydrogen-bond acceptors (Lipinski definition) is 4. The average Bonchev–Trinajstić information content (AvgIpc) is 2.18. The Morgan fingerprint density at radius 2 is 2.13 bits per heavy atom. The highest BCUT2D eigenvalue weighted by molar-refractivity contribution is 9.10. The zero-order valence-electron chi connectivity index (χ0n) is 7.77. The van der Waals surface area contributed by atoms with Gasteiger partial charge >= 0.3 is 0 Å². The van der Waals surface area contributed by atoms with Gasteiger partial charge in [0.25, 0.3) is 0 Å². The minimum absolute atomic E-state index is 0. The first-order valence-electron chi connectivity index (χ1n) is 3.99. The predicted molar refractivity (Wildman–Crippen MR) is 63.8 cm³/mol. The summed E-state index contributed by atoms with van der Waals surface area (Å²) in [6, 6.07) is 4.59. The second-order valence-electron chi connectivity index (χ2n) is 2.81. The molecule has 0 aliphatic rings. The molecule has 82 valence electrons. The van der Waals surface area contributed by atoms with Gasteiger partial charge in [0.2, 0.25) is 0 Å². The van der Waals surface area contributed by atoms with Crippen LogP contribution in [0.3, 0.4) is 0 Å². The predicted octanol–water partition coefficient (Wildman–Crippen LogP) is 1.41. The van der Waals surface area contributed by atoms with Crippen LogP contribution in [0, 0.1) is 11.3 Å². The number of phenols is 1. The third-order valence-electron chi connectivity index (χ3n) is 1.91. The monoisotopic (exact) mass is 291 g/mol. The minimum Gasteiger partial charge on any atom is -0.506 e. The van der Waals surface area contributed by atoms with E-state index in [1.165, 1.54) is 6.07 Å². The van der Waals surface area contributed by atoms with Gasteiger partial charge < -0.3 is 16.6 Å². The maximum atomic E-state index is 9.68. The Hall–Kier alpha value is -0.800. The van der Waals surface area contributed by atoms with Crippen LogP contribution in [-0.4, -0.2) is 11.7 Å². The Morgan fingerprint density at radius 1 is 1.53 bits per heavy atom. The van der Waals surface area contributed by atoms with Gasteiger partial charge in [-0.05, 0) is 12.1 Å². The largest absolute Gasteiger partial charge is 0.506 e. The van der Waals surface area contributed by atoms with Crippen LogP contribution in [0.2, 0.25) is 0 Å². The van der Waals surface area contributed by atoms with Crippen molar-refractivity contribution >= 4 is 28.3 Å². The summed E-state index contributed by atoms with van der Waals surface area (Å²) in [6.45, 7) is 0.209. The molecule has 0 amide bonds. The number of hydrogen-bond donors (Lipinski definition) is 3. The molecule has 6 heteroatoms. The van der Waals surface area contributed by atoms with Gasteiger partial charge in [-0.2, -0.15) is 5.26 Å². The van der Waals surface area contributed by atoms with E-state index in [9.17, 15) is 5.11 Å². The van der Waals surface area contributed by atoms with E-state index in [1.807, 2.05) is 6.07 Å². The zero-order valence-corrected chi connectivity index (χ0v) is 10.2. The topological polar surface area (TPSA) is 96.1 Å². The molecule has 0 aromatic heterocycles. The molecule has 15 heavy (non-hydrogen) atoms. The van der Waals surface area contributed by atoms with Gasteiger partial charge in [-0.25, -0.2) is 0 Å². The van der Waals surface area contributed by atoms with Gasteiger partial charge in [0.15, 0.2) is 0 Å². The summed E-state index contributed by atoms with van der Waals surface area (Å²) in [4.78, 5) is 0. The molecular formula is C9H11BrClN3O. The van der Waals surface area contributed by atoms with Crippen molar-refractivity contribution in [1.82, 2.24) is 0 Å². The number of phenolic OH excluding ortho intramolecular Hbond substituents is 1. The summed E-state index contributed by atoms with van der Waals surface area (Å²) in [7, 11) is 0. The zero-order chi connectivity index (χ0) is 10.7.